The third-order valence-corrected chi connectivity index (χ3v) is 2.01. The maximum absolute atomic E-state index is 10.4. The fourth-order valence-electron chi connectivity index (χ4n) is 1.23. The molecule has 0 aliphatic carbocycles. The van der Waals surface area contributed by atoms with Gasteiger partial charge >= 0.3 is 5.97 Å². The molecule has 0 amide bonds. The number of nitrogens with zero attached hydrogens (tertiary/aromatic N) is 2. The van der Waals surface area contributed by atoms with E-state index in [0.717, 1.165) is 6.42 Å². The van der Waals surface area contributed by atoms with Crippen molar-refractivity contribution in [3.63, 3.8) is 0 Å². The van der Waals surface area contributed by atoms with Gasteiger partial charge in [-0.2, -0.15) is 5.26 Å². The Morgan fingerprint density at radius 3 is 2.69 bits per heavy atom. The number of carboxylic acids is 1. The SMILES string of the molecule is CC(C)OCCCN(CC#N)CCC(=O)O. The molecular formula is C11H20N2O3. The van der Waals surface area contributed by atoms with Gasteiger partial charge in [0.25, 0.3) is 0 Å². The molecule has 0 aliphatic heterocycles. The third kappa shape index (κ3) is 9.44. The molecule has 1 N–H and O–H groups in total. The second kappa shape index (κ2) is 9.13. The summed E-state index contributed by atoms with van der Waals surface area (Å²) in [7, 11) is 0. The summed E-state index contributed by atoms with van der Waals surface area (Å²) in [5, 5.41) is 17.1. The van der Waals surface area contributed by atoms with Crippen LogP contribution in [0.15, 0.2) is 0 Å². The first-order valence-corrected chi connectivity index (χ1v) is 5.49. The highest BCUT2D eigenvalue weighted by atomic mass is 16.5. The summed E-state index contributed by atoms with van der Waals surface area (Å²) in [6.07, 6.45) is 1.11. The zero-order valence-corrected chi connectivity index (χ0v) is 9.98. The molecule has 0 spiro atoms. The molecule has 0 aliphatic rings. The van der Waals surface area contributed by atoms with Crippen LogP contribution in [0.25, 0.3) is 0 Å². The van der Waals surface area contributed by atoms with Crippen LogP contribution >= 0.6 is 0 Å². The number of nitriles is 1. The molecule has 0 fully saturated rings. The Labute approximate surface area is 96.6 Å². The number of hydrogen-bond donors (Lipinski definition) is 1. The van der Waals surface area contributed by atoms with Crippen molar-refractivity contribution in [3.05, 3.63) is 0 Å². The molecule has 5 nitrogen and oxygen atoms in total. The molecule has 5 heteroatoms. The van der Waals surface area contributed by atoms with Crippen LogP contribution < -0.4 is 0 Å². The Hall–Kier alpha value is -1.12. The Morgan fingerprint density at radius 2 is 2.19 bits per heavy atom. The van der Waals surface area contributed by atoms with E-state index in [-0.39, 0.29) is 19.1 Å². The maximum atomic E-state index is 10.4. The zero-order valence-electron chi connectivity index (χ0n) is 9.98. The van der Waals surface area contributed by atoms with E-state index < -0.39 is 5.97 Å². The van der Waals surface area contributed by atoms with Crippen LogP contribution in [0.1, 0.15) is 26.7 Å². The number of rotatable bonds is 9. The monoisotopic (exact) mass is 228 g/mol. The van der Waals surface area contributed by atoms with E-state index in [0.29, 0.717) is 19.7 Å². The van der Waals surface area contributed by atoms with Crippen LogP contribution in [0.5, 0.6) is 0 Å². The lowest BCUT2D eigenvalue weighted by Gasteiger charge is -2.18. The van der Waals surface area contributed by atoms with Crippen molar-refractivity contribution in [1.29, 1.82) is 5.26 Å². The summed E-state index contributed by atoms with van der Waals surface area (Å²) in [5.41, 5.74) is 0. The molecule has 16 heavy (non-hydrogen) atoms. The van der Waals surface area contributed by atoms with Gasteiger partial charge in [-0.1, -0.05) is 0 Å². The lowest BCUT2D eigenvalue weighted by Crippen LogP contribution is -2.28. The average molecular weight is 228 g/mol. The normalized spacial score (nSPS) is 10.7. The fraction of sp³-hybridized carbons (Fsp3) is 0.818. The quantitative estimate of drug-likeness (QED) is 0.472. The van der Waals surface area contributed by atoms with E-state index in [1.165, 1.54) is 0 Å². The van der Waals surface area contributed by atoms with E-state index in [4.69, 9.17) is 15.1 Å². The van der Waals surface area contributed by atoms with Gasteiger partial charge in [-0.15, -0.1) is 0 Å². The smallest absolute Gasteiger partial charge is 0.304 e. The molecule has 0 radical (unpaired) electrons. The maximum Gasteiger partial charge on any atom is 0.304 e. The predicted molar refractivity (Wildman–Crippen MR) is 60.0 cm³/mol. The highest BCUT2D eigenvalue weighted by Gasteiger charge is 2.06. The van der Waals surface area contributed by atoms with Gasteiger partial charge in [-0.3, -0.25) is 9.69 Å². The van der Waals surface area contributed by atoms with Gasteiger partial charge in [-0.25, -0.2) is 0 Å². The molecule has 0 heterocycles. The average Bonchev–Trinajstić information content (AvgIpc) is 2.20. The van der Waals surface area contributed by atoms with E-state index in [1.54, 1.807) is 0 Å². The minimum absolute atomic E-state index is 0.0761. The van der Waals surface area contributed by atoms with Crippen LogP contribution in [0.2, 0.25) is 0 Å². The largest absolute Gasteiger partial charge is 0.481 e. The lowest BCUT2D eigenvalue weighted by atomic mass is 10.3. The van der Waals surface area contributed by atoms with Gasteiger partial charge in [-0.05, 0) is 20.3 Å². The summed E-state index contributed by atoms with van der Waals surface area (Å²) >= 11 is 0. The van der Waals surface area contributed by atoms with Gasteiger partial charge in [0, 0.05) is 19.7 Å². The molecule has 0 aromatic rings. The Kier molecular flexibility index (Phi) is 8.49. The highest BCUT2D eigenvalue weighted by molar-refractivity contribution is 5.66. The van der Waals surface area contributed by atoms with Gasteiger partial charge in [0.2, 0.25) is 0 Å². The minimum Gasteiger partial charge on any atom is -0.481 e. The van der Waals surface area contributed by atoms with E-state index in [9.17, 15) is 4.79 Å². The Bertz CT molecular complexity index is 236. The van der Waals surface area contributed by atoms with Crippen molar-refractivity contribution >= 4 is 5.97 Å². The summed E-state index contributed by atoms with van der Waals surface area (Å²) in [5.74, 6) is -0.832. The second-order valence-corrected chi connectivity index (χ2v) is 3.85. The number of hydrogen-bond acceptors (Lipinski definition) is 4. The molecule has 0 bridgehead atoms. The standard InChI is InChI=1S/C11H20N2O3/c1-10(2)16-9-3-6-13(8-5-12)7-4-11(14)15/h10H,3-4,6-9H2,1-2H3,(H,14,15). The van der Waals surface area contributed by atoms with E-state index >= 15 is 0 Å². The highest BCUT2D eigenvalue weighted by Crippen LogP contribution is 1.96. The molecule has 0 aromatic carbocycles. The number of ether oxygens (including phenoxy) is 1. The summed E-state index contributed by atoms with van der Waals surface area (Å²) < 4.78 is 5.37. The molecule has 0 saturated heterocycles. The van der Waals surface area contributed by atoms with Crippen LogP contribution in [0.4, 0.5) is 0 Å². The van der Waals surface area contributed by atoms with Crippen LogP contribution in [0.3, 0.4) is 0 Å². The zero-order chi connectivity index (χ0) is 12.4. The van der Waals surface area contributed by atoms with Gasteiger partial charge < -0.3 is 9.84 Å². The van der Waals surface area contributed by atoms with Crippen molar-refractivity contribution < 1.29 is 14.6 Å². The molecule has 0 aromatic heterocycles. The second-order valence-electron chi connectivity index (χ2n) is 3.85. The van der Waals surface area contributed by atoms with E-state index in [2.05, 4.69) is 0 Å². The predicted octanol–water partition coefficient (Wildman–Crippen LogP) is 1.10. The van der Waals surface area contributed by atoms with Crippen LogP contribution in [0, 0.1) is 11.3 Å². The topological polar surface area (TPSA) is 73.6 Å². The number of aliphatic carboxylic acids is 1. The fourth-order valence-corrected chi connectivity index (χ4v) is 1.23. The van der Waals surface area contributed by atoms with Crippen molar-refractivity contribution in [3.8, 4) is 6.07 Å². The first-order valence-electron chi connectivity index (χ1n) is 5.49. The summed E-state index contributed by atoms with van der Waals surface area (Å²) in [6, 6.07) is 2.03. The number of carbonyl (C=O) groups is 1. The first-order chi connectivity index (χ1) is 7.56. The lowest BCUT2D eigenvalue weighted by molar-refractivity contribution is -0.137. The summed E-state index contributed by atoms with van der Waals surface area (Å²) in [6.45, 7) is 5.98. The summed E-state index contributed by atoms with van der Waals surface area (Å²) in [4.78, 5) is 12.2. The van der Waals surface area contributed by atoms with Crippen LogP contribution in [-0.4, -0.2) is 48.3 Å². The van der Waals surface area contributed by atoms with E-state index in [1.807, 2.05) is 24.8 Å². The van der Waals surface area contributed by atoms with Gasteiger partial charge in [0.05, 0.1) is 25.1 Å². The van der Waals surface area contributed by atoms with Gasteiger partial charge in [0.1, 0.15) is 0 Å². The van der Waals surface area contributed by atoms with Gasteiger partial charge in [0.15, 0.2) is 0 Å². The van der Waals surface area contributed by atoms with Crippen molar-refractivity contribution in [2.45, 2.75) is 32.8 Å². The Morgan fingerprint density at radius 1 is 1.50 bits per heavy atom. The molecule has 0 unspecified atom stereocenters. The van der Waals surface area contributed by atoms with Crippen LogP contribution in [-0.2, 0) is 9.53 Å². The molecular weight excluding hydrogens is 208 g/mol. The van der Waals surface area contributed by atoms with Crippen molar-refractivity contribution in [1.82, 2.24) is 4.90 Å². The first kappa shape index (κ1) is 14.9. The minimum atomic E-state index is -0.832. The molecule has 0 saturated carbocycles. The molecule has 0 rings (SSSR count). The number of carboxylic acid groups (broad SMARTS) is 1. The third-order valence-electron chi connectivity index (χ3n) is 2.01. The molecule has 92 valence electrons. The van der Waals surface area contributed by atoms with Crippen molar-refractivity contribution in [2.24, 2.45) is 0 Å². The Balaban J connectivity index is 3.68. The molecule has 0 atom stereocenters. The van der Waals surface area contributed by atoms with Crippen molar-refractivity contribution in [2.75, 3.05) is 26.2 Å².